The molecule has 0 aromatic heterocycles. The van der Waals surface area contributed by atoms with Crippen molar-refractivity contribution >= 4 is 17.7 Å². The average molecular weight is 265 g/mol. The highest BCUT2D eigenvalue weighted by atomic mass is 16.6. The summed E-state index contributed by atoms with van der Waals surface area (Å²) in [6, 6.07) is 5.85. The van der Waals surface area contributed by atoms with Crippen LogP contribution >= 0.6 is 0 Å². The molecule has 1 aliphatic rings. The van der Waals surface area contributed by atoms with Crippen molar-refractivity contribution in [2.45, 2.75) is 18.9 Å². The Balaban J connectivity index is 1.79. The molecule has 1 aromatic rings. The van der Waals surface area contributed by atoms with Crippen molar-refractivity contribution in [2.75, 3.05) is 18.5 Å². The van der Waals surface area contributed by atoms with Crippen LogP contribution < -0.4 is 5.32 Å². The molecule has 0 spiro atoms. The third kappa shape index (κ3) is 3.96. The van der Waals surface area contributed by atoms with Gasteiger partial charge in [-0.2, -0.15) is 0 Å². The van der Waals surface area contributed by atoms with E-state index in [9.17, 15) is 9.59 Å². The fourth-order valence-corrected chi connectivity index (χ4v) is 1.79. The van der Waals surface area contributed by atoms with Gasteiger partial charge in [0.25, 0.3) is 0 Å². The number of rotatable bonds is 4. The highest BCUT2D eigenvalue weighted by molar-refractivity contribution is 5.89. The zero-order valence-corrected chi connectivity index (χ0v) is 10.3. The van der Waals surface area contributed by atoms with Crippen molar-refractivity contribution in [1.29, 1.82) is 0 Å². The summed E-state index contributed by atoms with van der Waals surface area (Å²) in [7, 11) is 0. The Labute approximate surface area is 110 Å². The highest BCUT2D eigenvalue weighted by Crippen LogP contribution is 2.13. The average Bonchev–Trinajstić information content (AvgIpc) is 2.90. The number of amides is 1. The third-order valence-corrected chi connectivity index (χ3v) is 2.80. The fourth-order valence-electron chi connectivity index (χ4n) is 1.79. The van der Waals surface area contributed by atoms with Gasteiger partial charge in [-0.05, 0) is 37.1 Å². The van der Waals surface area contributed by atoms with E-state index in [0.29, 0.717) is 12.3 Å². The molecule has 0 aliphatic carbocycles. The molecule has 1 atom stereocenters. The van der Waals surface area contributed by atoms with Crippen LogP contribution in [0.25, 0.3) is 0 Å². The van der Waals surface area contributed by atoms with Crippen LogP contribution in [0.15, 0.2) is 24.3 Å². The number of carbonyl (C=O) groups excluding carboxylic acids is 1. The second kappa shape index (κ2) is 6.19. The van der Waals surface area contributed by atoms with Crippen LogP contribution in [0.4, 0.5) is 10.5 Å². The number of ether oxygens (including phenoxy) is 2. The van der Waals surface area contributed by atoms with Gasteiger partial charge in [-0.3, -0.25) is 5.32 Å². The van der Waals surface area contributed by atoms with Gasteiger partial charge in [0.15, 0.2) is 0 Å². The maximum absolute atomic E-state index is 11.5. The number of carbonyl (C=O) groups is 2. The number of hydrogen-bond donors (Lipinski definition) is 2. The Morgan fingerprint density at radius 3 is 2.68 bits per heavy atom. The molecule has 6 heteroatoms. The van der Waals surface area contributed by atoms with Crippen molar-refractivity contribution in [3.63, 3.8) is 0 Å². The first-order valence-corrected chi connectivity index (χ1v) is 6.04. The maximum Gasteiger partial charge on any atom is 0.411 e. The Kier molecular flexibility index (Phi) is 4.35. The Hall–Kier alpha value is -2.08. The van der Waals surface area contributed by atoms with E-state index in [0.717, 1.165) is 12.8 Å². The van der Waals surface area contributed by atoms with Crippen molar-refractivity contribution in [2.24, 2.45) is 0 Å². The van der Waals surface area contributed by atoms with E-state index < -0.39 is 12.1 Å². The number of nitrogens with one attached hydrogen (secondary N) is 1. The van der Waals surface area contributed by atoms with E-state index in [4.69, 9.17) is 14.6 Å². The molecule has 19 heavy (non-hydrogen) atoms. The van der Waals surface area contributed by atoms with Crippen molar-refractivity contribution in [1.82, 2.24) is 0 Å². The zero-order valence-electron chi connectivity index (χ0n) is 10.3. The third-order valence-electron chi connectivity index (χ3n) is 2.80. The van der Waals surface area contributed by atoms with E-state index in [2.05, 4.69) is 5.32 Å². The summed E-state index contributed by atoms with van der Waals surface area (Å²) >= 11 is 0. The van der Waals surface area contributed by atoms with Crippen LogP contribution in [-0.4, -0.2) is 36.5 Å². The van der Waals surface area contributed by atoms with E-state index in [1.54, 1.807) is 0 Å². The molecule has 102 valence electrons. The molecule has 2 rings (SSSR count). The molecule has 1 aromatic carbocycles. The van der Waals surface area contributed by atoms with Gasteiger partial charge in [0.2, 0.25) is 0 Å². The lowest BCUT2D eigenvalue weighted by Gasteiger charge is -2.11. The van der Waals surface area contributed by atoms with Gasteiger partial charge in [-0.1, -0.05) is 0 Å². The first kappa shape index (κ1) is 13.4. The van der Waals surface area contributed by atoms with Gasteiger partial charge in [0, 0.05) is 12.3 Å². The Morgan fingerprint density at radius 1 is 1.37 bits per heavy atom. The van der Waals surface area contributed by atoms with Gasteiger partial charge in [0.05, 0.1) is 11.7 Å². The predicted octanol–water partition coefficient (Wildman–Crippen LogP) is 2.11. The normalized spacial score (nSPS) is 18.0. The first-order chi connectivity index (χ1) is 9.15. The largest absolute Gasteiger partial charge is 0.478 e. The van der Waals surface area contributed by atoms with Gasteiger partial charge in [-0.15, -0.1) is 0 Å². The number of aromatic carboxylic acids is 1. The topological polar surface area (TPSA) is 84.9 Å². The number of anilines is 1. The van der Waals surface area contributed by atoms with Crippen molar-refractivity contribution in [3.05, 3.63) is 29.8 Å². The second-order valence-electron chi connectivity index (χ2n) is 4.24. The van der Waals surface area contributed by atoms with Crippen molar-refractivity contribution in [3.8, 4) is 0 Å². The minimum absolute atomic E-state index is 0.0138. The number of benzene rings is 1. The van der Waals surface area contributed by atoms with E-state index in [1.807, 2.05) is 0 Å². The summed E-state index contributed by atoms with van der Waals surface area (Å²) in [6.07, 6.45) is 1.31. The maximum atomic E-state index is 11.5. The number of carboxylic acids is 1. The quantitative estimate of drug-likeness (QED) is 0.870. The van der Waals surface area contributed by atoms with Crippen LogP contribution in [0.1, 0.15) is 23.2 Å². The van der Waals surface area contributed by atoms with E-state index in [-0.39, 0.29) is 18.3 Å². The SMILES string of the molecule is O=C(Nc1ccc(C(=O)O)cc1)OCC1CCCO1. The summed E-state index contributed by atoms with van der Waals surface area (Å²) in [5.41, 5.74) is 0.653. The van der Waals surface area contributed by atoms with Crippen molar-refractivity contribution < 1.29 is 24.2 Å². The number of carboxylic acid groups (broad SMARTS) is 1. The molecule has 1 unspecified atom stereocenters. The summed E-state index contributed by atoms with van der Waals surface area (Å²) in [5, 5.41) is 11.3. The van der Waals surface area contributed by atoms with Crippen LogP contribution in [0.3, 0.4) is 0 Å². The molecular weight excluding hydrogens is 250 g/mol. The zero-order chi connectivity index (χ0) is 13.7. The Morgan fingerprint density at radius 2 is 2.11 bits per heavy atom. The molecule has 1 saturated heterocycles. The molecule has 0 saturated carbocycles. The standard InChI is InChI=1S/C13H15NO5/c15-12(16)9-3-5-10(6-4-9)14-13(17)19-8-11-2-1-7-18-11/h3-6,11H,1-2,7-8H2,(H,14,17)(H,15,16). The van der Waals surface area contributed by atoms with Gasteiger partial charge >= 0.3 is 12.1 Å². The lowest BCUT2D eigenvalue weighted by Crippen LogP contribution is -2.21. The molecular formula is C13H15NO5. The van der Waals surface area contributed by atoms with Crippen LogP contribution in [0.5, 0.6) is 0 Å². The molecule has 1 heterocycles. The molecule has 1 amide bonds. The van der Waals surface area contributed by atoms with Crippen LogP contribution in [0.2, 0.25) is 0 Å². The molecule has 1 fully saturated rings. The Bertz CT molecular complexity index is 451. The lowest BCUT2D eigenvalue weighted by atomic mass is 10.2. The lowest BCUT2D eigenvalue weighted by molar-refractivity contribution is 0.0484. The van der Waals surface area contributed by atoms with E-state index >= 15 is 0 Å². The second-order valence-corrected chi connectivity index (χ2v) is 4.24. The van der Waals surface area contributed by atoms with Gasteiger partial charge in [-0.25, -0.2) is 9.59 Å². The van der Waals surface area contributed by atoms with E-state index in [1.165, 1.54) is 24.3 Å². The fraction of sp³-hybridized carbons (Fsp3) is 0.385. The minimum atomic E-state index is -1.01. The van der Waals surface area contributed by atoms with Crippen LogP contribution in [-0.2, 0) is 9.47 Å². The van der Waals surface area contributed by atoms with Gasteiger partial charge in [0.1, 0.15) is 6.61 Å². The molecule has 0 radical (unpaired) electrons. The highest BCUT2D eigenvalue weighted by Gasteiger charge is 2.17. The molecule has 0 bridgehead atoms. The predicted molar refractivity (Wildman–Crippen MR) is 67.3 cm³/mol. The molecule has 6 nitrogen and oxygen atoms in total. The summed E-state index contributed by atoms with van der Waals surface area (Å²) < 4.78 is 10.3. The summed E-state index contributed by atoms with van der Waals surface area (Å²) in [5.74, 6) is -1.01. The van der Waals surface area contributed by atoms with Crippen LogP contribution in [0, 0.1) is 0 Å². The first-order valence-electron chi connectivity index (χ1n) is 6.04. The smallest absolute Gasteiger partial charge is 0.411 e. The number of hydrogen-bond acceptors (Lipinski definition) is 4. The minimum Gasteiger partial charge on any atom is -0.478 e. The van der Waals surface area contributed by atoms with Gasteiger partial charge < -0.3 is 14.6 Å². The molecule has 1 aliphatic heterocycles. The monoisotopic (exact) mass is 265 g/mol. The summed E-state index contributed by atoms with van der Waals surface area (Å²) in [4.78, 5) is 22.1. The molecule has 2 N–H and O–H groups in total. The summed E-state index contributed by atoms with van der Waals surface area (Å²) in [6.45, 7) is 0.950.